The fraction of sp³-hybridized carbons (Fsp3) is 0.600. The molecule has 0 aliphatic carbocycles. The highest BCUT2D eigenvalue weighted by Crippen LogP contribution is 2.30. The summed E-state index contributed by atoms with van der Waals surface area (Å²) in [4.78, 5) is 12.6. The molecule has 1 aliphatic heterocycles. The number of benzene rings is 1. The van der Waals surface area contributed by atoms with Crippen LogP contribution in [0.4, 0.5) is 5.69 Å². The highest BCUT2D eigenvalue weighted by Gasteiger charge is 2.34. The van der Waals surface area contributed by atoms with E-state index in [1.165, 1.54) is 16.4 Å². The number of aryl methyl sites for hydroxylation is 1. The molecular weight excluding hydrogens is 318 g/mol. The van der Waals surface area contributed by atoms with Crippen LogP contribution in [0.25, 0.3) is 0 Å². The fourth-order valence-corrected chi connectivity index (χ4v) is 4.85. The summed E-state index contributed by atoms with van der Waals surface area (Å²) in [6.45, 7) is 5.14. The molecule has 0 N–H and O–H groups in total. The lowest BCUT2D eigenvalue weighted by Gasteiger charge is -2.20. The van der Waals surface area contributed by atoms with E-state index in [2.05, 4.69) is 0 Å². The maximum Gasteiger partial charge on any atom is 0.271 e. The summed E-state index contributed by atoms with van der Waals surface area (Å²) >= 11 is 0. The Kier molecular flexibility index (Phi) is 5.07. The number of sulfonamides is 1. The fourth-order valence-electron chi connectivity index (χ4n) is 3.00. The van der Waals surface area contributed by atoms with E-state index >= 15 is 0 Å². The lowest BCUT2D eigenvalue weighted by molar-refractivity contribution is -0.385. The Balaban J connectivity index is 2.35. The van der Waals surface area contributed by atoms with E-state index in [1.807, 2.05) is 19.0 Å². The van der Waals surface area contributed by atoms with Crippen molar-refractivity contribution in [2.24, 2.45) is 5.92 Å². The summed E-state index contributed by atoms with van der Waals surface area (Å²) in [5.41, 5.74) is 1.00. The Bertz CT molecular complexity index is 716. The van der Waals surface area contributed by atoms with Gasteiger partial charge in [-0.15, -0.1) is 0 Å². The van der Waals surface area contributed by atoms with E-state index < -0.39 is 14.9 Å². The number of hydrogen-bond acceptors (Lipinski definition) is 5. The Morgan fingerprint density at radius 3 is 2.57 bits per heavy atom. The normalized spacial score (nSPS) is 19.4. The van der Waals surface area contributed by atoms with Gasteiger partial charge >= 0.3 is 0 Å². The molecule has 23 heavy (non-hydrogen) atoms. The zero-order valence-corrected chi connectivity index (χ0v) is 14.8. The molecule has 1 aliphatic rings. The van der Waals surface area contributed by atoms with Gasteiger partial charge < -0.3 is 4.90 Å². The smallest absolute Gasteiger partial charge is 0.271 e. The van der Waals surface area contributed by atoms with Gasteiger partial charge in [-0.25, -0.2) is 8.42 Å². The maximum atomic E-state index is 12.9. The first kappa shape index (κ1) is 17.8. The molecule has 0 radical (unpaired) electrons. The van der Waals surface area contributed by atoms with Gasteiger partial charge in [-0.1, -0.05) is 0 Å². The predicted octanol–water partition coefficient (Wildman–Crippen LogP) is 1.78. The third kappa shape index (κ3) is 3.70. The van der Waals surface area contributed by atoms with Crippen LogP contribution in [-0.4, -0.2) is 56.3 Å². The van der Waals surface area contributed by atoms with Gasteiger partial charge in [0.15, 0.2) is 0 Å². The van der Waals surface area contributed by atoms with Gasteiger partial charge in [0.2, 0.25) is 10.0 Å². The summed E-state index contributed by atoms with van der Waals surface area (Å²) < 4.78 is 27.3. The van der Waals surface area contributed by atoms with E-state index in [9.17, 15) is 18.5 Å². The molecule has 0 unspecified atom stereocenters. The molecule has 0 bridgehead atoms. The first-order valence-electron chi connectivity index (χ1n) is 7.53. The Morgan fingerprint density at radius 1 is 1.35 bits per heavy atom. The molecule has 1 aromatic rings. The predicted molar refractivity (Wildman–Crippen MR) is 88.0 cm³/mol. The van der Waals surface area contributed by atoms with Crippen LogP contribution in [0.2, 0.25) is 0 Å². The van der Waals surface area contributed by atoms with Crippen LogP contribution >= 0.6 is 0 Å². The summed E-state index contributed by atoms with van der Waals surface area (Å²) in [6.07, 6.45) is 0.810. The Hall–Kier alpha value is -1.51. The summed E-state index contributed by atoms with van der Waals surface area (Å²) in [5.74, 6) is 0.292. The lowest BCUT2D eigenvalue weighted by atomic mass is 10.1. The Morgan fingerprint density at radius 2 is 2.00 bits per heavy atom. The van der Waals surface area contributed by atoms with Gasteiger partial charge in [-0.2, -0.15) is 4.31 Å². The first-order valence-corrected chi connectivity index (χ1v) is 8.97. The minimum atomic E-state index is -3.71. The molecule has 1 aromatic carbocycles. The van der Waals surface area contributed by atoms with Crippen LogP contribution in [-0.2, 0) is 10.0 Å². The highest BCUT2D eigenvalue weighted by atomic mass is 32.2. The molecule has 1 fully saturated rings. The van der Waals surface area contributed by atoms with Gasteiger partial charge in [0.25, 0.3) is 5.69 Å². The quantitative estimate of drug-likeness (QED) is 0.602. The van der Waals surface area contributed by atoms with Crippen LogP contribution in [0.1, 0.15) is 17.5 Å². The van der Waals surface area contributed by atoms with Crippen LogP contribution < -0.4 is 0 Å². The third-order valence-corrected chi connectivity index (χ3v) is 6.30. The van der Waals surface area contributed by atoms with E-state index in [0.29, 0.717) is 30.1 Å². The van der Waals surface area contributed by atoms with Gasteiger partial charge in [-0.3, -0.25) is 10.1 Å². The van der Waals surface area contributed by atoms with Crippen molar-refractivity contribution in [2.75, 3.05) is 33.7 Å². The second kappa shape index (κ2) is 6.54. The number of hydrogen-bond donors (Lipinski definition) is 0. The van der Waals surface area contributed by atoms with Crippen LogP contribution in [0, 0.1) is 29.9 Å². The highest BCUT2D eigenvalue weighted by molar-refractivity contribution is 7.89. The summed E-state index contributed by atoms with van der Waals surface area (Å²) in [7, 11) is 0.221. The molecule has 2 rings (SSSR count). The second-order valence-corrected chi connectivity index (χ2v) is 8.33. The van der Waals surface area contributed by atoms with Crippen molar-refractivity contribution in [1.82, 2.24) is 9.21 Å². The molecule has 0 aromatic heterocycles. The van der Waals surface area contributed by atoms with E-state index in [1.54, 1.807) is 13.8 Å². The molecule has 0 spiro atoms. The molecule has 1 atom stereocenters. The average molecular weight is 341 g/mol. The first-order chi connectivity index (χ1) is 10.6. The largest absolute Gasteiger partial charge is 0.309 e. The number of nitrogens with zero attached hydrogens (tertiary/aromatic N) is 3. The van der Waals surface area contributed by atoms with Gasteiger partial charge in [-0.05, 0) is 51.4 Å². The van der Waals surface area contributed by atoms with Crippen LogP contribution in [0.15, 0.2) is 17.0 Å². The molecule has 128 valence electrons. The molecule has 0 amide bonds. The SMILES string of the molecule is Cc1cc([N+](=O)[O-])cc(S(=O)(=O)N2CC[C@H](CN(C)C)C2)c1C. The molecule has 8 heteroatoms. The lowest BCUT2D eigenvalue weighted by Crippen LogP contribution is -2.31. The van der Waals surface area contributed by atoms with Crippen molar-refractivity contribution in [3.05, 3.63) is 33.4 Å². The third-order valence-electron chi connectivity index (χ3n) is 4.31. The van der Waals surface area contributed by atoms with E-state index in [0.717, 1.165) is 13.0 Å². The summed E-state index contributed by atoms with van der Waals surface area (Å²) in [6, 6.07) is 2.59. The number of nitro benzene ring substituents is 1. The van der Waals surface area contributed by atoms with Crippen molar-refractivity contribution in [3.63, 3.8) is 0 Å². The number of rotatable bonds is 5. The van der Waals surface area contributed by atoms with Crippen molar-refractivity contribution in [2.45, 2.75) is 25.2 Å². The minimum absolute atomic E-state index is 0.0507. The van der Waals surface area contributed by atoms with Crippen LogP contribution in [0.3, 0.4) is 0 Å². The van der Waals surface area contributed by atoms with Gasteiger partial charge in [0.1, 0.15) is 0 Å². The van der Waals surface area contributed by atoms with Crippen molar-refractivity contribution in [3.8, 4) is 0 Å². The van der Waals surface area contributed by atoms with Crippen molar-refractivity contribution >= 4 is 15.7 Å². The van der Waals surface area contributed by atoms with Crippen molar-refractivity contribution < 1.29 is 13.3 Å². The van der Waals surface area contributed by atoms with Gasteiger partial charge in [0.05, 0.1) is 9.82 Å². The zero-order valence-electron chi connectivity index (χ0n) is 13.9. The standard InChI is InChI=1S/C15H23N3O4S/c1-11-7-14(18(19)20)8-15(12(11)2)23(21,22)17-6-5-13(10-17)9-16(3)4/h7-8,13H,5-6,9-10H2,1-4H3/t13-/m1/s1. The monoisotopic (exact) mass is 341 g/mol. The van der Waals surface area contributed by atoms with Gasteiger partial charge in [0, 0.05) is 31.8 Å². The average Bonchev–Trinajstić information content (AvgIpc) is 2.89. The molecule has 0 saturated carbocycles. The molecule has 7 nitrogen and oxygen atoms in total. The number of nitro groups is 1. The number of non-ortho nitro benzene ring substituents is 1. The minimum Gasteiger partial charge on any atom is -0.309 e. The van der Waals surface area contributed by atoms with E-state index in [-0.39, 0.29) is 10.6 Å². The topological polar surface area (TPSA) is 83.8 Å². The molecule has 1 heterocycles. The van der Waals surface area contributed by atoms with Crippen molar-refractivity contribution in [1.29, 1.82) is 0 Å². The van der Waals surface area contributed by atoms with Crippen LogP contribution in [0.5, 0.6) is 0 Å². The molecular formula is C15H23N3O4S. The second-order valence-electron chi connectivity index (χ2n) is 6.42. The maximum absolute atomic E-state index is 12.9. The zero-order chi connectivity index (χ0) is 17.4. The Labute approximate surface area is 137 Å². The van der Waals surface area contributed by atoms with E-state index in [4.69, 9.17) is 0 Å². The molecule has 1 saturated heterocycles. The summed E-state index contributed by atoms with van der Waals surface area (Å²) in [5, 5.41) is 11.0.